The maximum Gasteiger partial charge on any atom is 0.167 e. The molecule has 0 saturated heterocycles. The van der Waals surface area contributed by atoms with Gasteiger partial charge in [-0.05, 0) is 43.5 Å². The molecule has 23 heavy (non-hydrogen) atoms. The van der Waals surface area contributed by atoms with Crippen molar-refractivity contribution in [3.63, 3.8) is 0 Å². The van der Waals surface area contributed by atoms with E-state index in [2.05, 4.69) is 9.97 Å². The minimum atomic E-state index is -1.08. The fourth-order valence-corrected chi connectivity index (χ4v) is 3.36. The van der Waals surface area contributed by atoms with Crippen LogP contribution in [-0.2, 0) is 11.2 Å². The lowest BCUT2D eigenvalue weighted by Gasteiger charge is -2.16. The monoisotopic (exact) mass is 325 g/mol. The number of benzene rings is 2. The Balaban J connectivity index is 1.80. The van der Waals surface area contributed by atoms with Crippen molar-refractivity contribution in [1.82, 2.24) is 9.97 Å². The van der Waals surface area contributed by atoms with E-state index in [-0.39, 0.29) is 0 Å². The second-order valence-corrected chi connectivity index (χ2v) is 6.87. The quantitative estimate of drug-likeness (QED) is 0.732. The minimum absolute atomic E-state index is 0.406. The molecule has 0 spiro atoms. The van der Waals surface area contributed by atoms with Crippen molar-refractivity contribution in [3.8, 4) is 0 Å². The zero-order chi connectivity index (χ0) is 16.4. The summed E-state index contributed by atoms with van der Waals surface area (Å²) in [7, 11) is 0. The number of hydrogen-bond acceptors (Lipinski definition) is 4. The van der Waals surface area contributed by atoms with Crippen LogP contribution in [0.3, 0.4) is 0 Å². The summed E-state index contributed by atoms with van der Waals surface area (Å²) in [5.74, 6) is -1.08. The Kier molecular flexibility index (Phi) is 4.39. The van der Waals surface area contributed by atoms with Crippen LogP contribution >= 0.6 is 11.8 Å². The lowest BCUT2D eigenvalue weighted by molar-refractivity contribution is -0.304. The molecule has 0 amide bonds. The number of fused-ring (bicyclic) bond motifs is 1. The Morgan fingerprint density at radius 2 is 1.87 bits per heavy atom. The predicted molar refractivity (Wildman–Crippen MR) is 90.4 cm³/mol. The van der Waals surface area contributed by atoms with Crippen LogP contribution in [0.4, 0.5) is 0 Å². The van der Waals surface area contributed by atoms with Crippen molar-refractivity contribution < 1.29 is 9.90 Å². The number of thioether (sulfide) groups is 1. The molecular formula is C18H17N2O2S-. The third-order valence-electron chi connectivity index (χ3n) is 3.67. The van der Waals surface area contributed by atoms with Crippen LogP contribution < -0.4 is 5.11 Å². The molecule has 1 N–H and O–H groups in total. The molecule has 0 saturated carbocycles. The number of aromatic amines is 1. The fourth-order valence-electron chi connectivity index (χ4n) is 2.40. The number of nitrogens with zero attached hydrogens (tertiary/aromatic N) is 1. The van der Waals surface area contributed by atoms with Gasteiger partial charge >= 0.3 is 0 Å². The first kappa shape index (κ1) is 15.6. The molecule has 0 fully saturated rings. The third-order valence-corrected chi connectivity index (χ3v) is 4.73. The molecule has 3 aromatic rings. The van der Waals surface area contributed by atoms with Gasteiger partial charge in [-0.1, -0.05) is 47.7 Å². The number of nitrogens with one attached hydrogen (secondary N) is 1. The molecule has 0 aliphatic rings. The Morgan fingerprint density at radius 3 is 2.57 bits per heavy atom. The molecule has 1 aromatic heterocycles. The van der Waals surface area contributed by atoms with Gasteiger partial charge in [0.05, 0.1) is 22.3 Å². The van der Waals surface area contributed by atoms with E-state index in [9.17, 15) is 9.90 Å². The van der Waals surface area contributed by atoms with Crippen LogP contribution in [0.15, 0.2) is 47.6 Å². The summed E-state index contributed by atoms with van der Waals surface area (Å²) < 4.78 is 0. The van der Waals surface area contributed by atoms with Gasteiger partial charge in [0.25, 0.3) is 0 Å². The van der Waals surface area contributed by atoms with E-state index in [1.54, 1.807) is 0 Å². The van der Waals surface area contributed by atoms with Gasteiger partial charge in [-0.2, -0.15) is 0 Å². The SMILES string of the molecule is Cc1ccc(CC(Sc2nc3ccc(C)cc3[nH]2)C(=O)[O-])cc1. The van der Waals surface area contributed by atoms with Gasteiger partial charge in [-0.25, -0.2) is 4.98 Å². The number of imidazole rings is 1. The zero-order valence-electron chi connectivity index (χ0n) is 13.0. The molecule has 0 aliphatic carbocycles. The summed E-state index contributed by atoms with van der Waals surface area (Å²) in [5, 5.41) is 11.4. The summed E-state index contributed by atoms with van der Waals surface area (Å²) >= 11 is 1.20. The van der Waals surface area contributed by atoms with Crippen LogP contribution in [0.5, 0.6) is 0 Å². The van der Waals surface area contributed by atoms with Gasteiger partial charge in [0.15, 0.2) is 5.16 Å². The highest BCUT2D eigenvalue weighted by Crippen LogP contribution is 2.26. The summed E-state index contributed by atoms with van der Waals surface area (Å²) in [6.45, 7) is 4.01. The highest BCUT2D eigenvalue weighted by molar-refractivity contribution is 8.00. The molecule has 0 radical (unpaired) electrons. The number of aromatic nitrogens is 2. The van der Waals surface area contributed by atoms with Gasteiger partial charge in [-0.3, -0.25) is 0 Å². The smallest absolute Gasteiger partial charge is 0.167 e. The highest BCUT2D eigenvalue weighted by atomic mass is 32.2. The van der Waals surface area contributed by atoms with Crippen molar-refractivity contribution >= 4 is 28.8 Å². The standard InChI is InChI=1S/C18H18N2O2S/c1-11-3-6-13(7-4-11)10-16(17(21)22)23-18-19-14-8-5-12(2)9-15(14)20-18/h3-9,16H,10H2,1-2H3,(H,19,20)(H,21,22)/p-1. The van der Waals surface area contributed by atoms with Crippen molar-refractivity contribution in [2.24, 2.45) is 0 Å². The van der Waals surface area contributed by atoms with Crippen LogP contribution in [-0.4, -0.2) is 21.2 Å². The molecular weight excluding hydrogens is 308 g/mol. The number of carbonyl (C=O) groups is 1. The van der Waals surface area contributed by atoms with Gasteiger partial charge in [0, 0.05) is 0 Å². The van der Waals surface area contributed by atoms with Gasteiger partial charge in [-0.15, -0.1) is 0 Å². The maximum absolute atomic E-state index is 11.5. The summed E-state index contributed by atoms with van der Waals surface area (Å²) in [6.07, 6.45) is 0.406. The van der Waals surface area contributed by atoms with Gasteiger partial charge in [0.1, 0.15) is 0 Å². The van der Waals surface area contributed by atoms with Crippen molar-refractivity contribution in [3.05, 3.63) is 59.2 Å². The molecule has 4 nitrogen and oxygen atoms in total. The van der Waals surface area contributed by atoms with E-state index in [1.165, 1.54) is 11.8 Å². The van der Waals surface area contributed by atoms with E-state index < -0.39 is 11.2 Å². The first-order valence-electron chi connectivity index (χ1n) is 7.41. The van der Waals surface area contributed by atoms with Gasteiger partial charge in [0.2, 0.25) is 0 Å². The summed E-state index contributed by atoms with van der Waals surface area (Å²) in [4.78, 5) is 19.1. The Morgan fingerprint density at radius 1 is 1.17 bits per heavy atom. The minimum Gasteiger partial charge on any atom is -0.549 e. The number of hydrogen-bond donors (Lipinski definition) is 1. The Labute approximate surface area is 139 Å². The first-order valence-corrected chi connectivity index (χ1v) is 8.28. The van der Waals surface area contributed by atoms with E-state index in [1.807, 2.05) is 56.3 Å². The number of carbonyl (C=O) groups excluding carboxylic acids is 1. The van der Waals surface area contributed by atoms with E-state index in [0.29, 0.717) is 11.6 Å². The zero-order valence-corrected chi connectivity index (χ0v) is 13.8. The van der Waals surface area contributed by atoms with Crippen molar-refractivity contribution in [1.29, 1.82) is 0 Å². The number of rotatable bonds is 5. The van der Waals surface area contributed by atoms with E-state index in [0.717, 1.165) is 27.7 Å². The topological polar surface area (TPSA) is 68.8 Å². The first-order chi connectivity index (χ1) is 11.0. The normalized spacial score (nSPS) is 12.4. The lowest BCUT2D eigenvalue weighted by Crippen LogP contribution is -2.35. The van der Waals surface area contributed by atoms with Crippen LogP contribution in [0.2, 0.25) is 0 Å². The molecule has 1 unspecified atom stereocenters. The maximum atomic E-state index is 11.5. The summed E-state index contributed by atoms with van der Waals surface area (Å²) in [6, 6.07) is 13.8. The number of carboxylic acid groups (broad SMARTS) is 1. The fraction of sp³-hybridized carbons (Fsp3) is 0.222. The average molecular weight is 325 g/mol. The van der Waals surface area contributed by atoms with Crippen molar-refractivity contribution in [2.75, 3.05) is 0 Å². The molecule has 5 heteroatoms. The molecule has 0 aliphatic heterocycles. The largest absolute Gasteiger partial charge is 0.549 e. The average Bonchev–Trinajstić information content (AvgIpc) is 2.90. The van der Waals surface area contributed by atoms with Crippen LogP contribution in [0.25, 0.3) is 11.0 Å². The molecule has 1 heterocycles. The number of H-pyrrole nitrogens is 1. The van der Waals surface area contributed by atoms with Gasteiger partial charge < -0.3 is 14.9 Å². The second-order valence-electron chi connectivity index (χ2n) is 5.68. The molecule has 0 bridgehead atoms. The lowest BCUT2D eigenvalue weighted by atomic mass is 10.1. The van der Waals surface area contributed by atoms with Crippen molar-refractivity contribution in [2.45, 2.75) is 30.7 Å². The third kappa shape index (κ3) is 3.74. The number of carboxylic acids is 1. The Bertz CT molecular complexity index is 840. The van der Waals surface area contributed by atoms with E-state index >= 15 is 0 Å². The number of aryl methyl sites for hydroxylation is 2. The molecule has 3 rings (SSSR count). The predicted octanol–water partition coefficient (Wildman–Crippen LogP) is 2.63. The van der Waals surface area contributed by atoms with Crippen LogP contribution in [0, 0.1) is 13.8 Å². The molecule has 1 atom stereocenters. The number of aliphatic carboxylic acids is 1. The molecule has 118 valence electrons. The molecule has 2 aromatic carbocycles. The Hall–Kier alpha value is -2.27. The highest BCUT2D eigenvalue weighted by Gasteiger charge is 2.15. The van der Waals surface area contributed by atoms with Crippen LogP contribution in [0.1, 0.15) is 16.7 Å². The second kappa shape index (κ2) is 6.46. The van der Waals surface area contributed by atoms with E-state index in [4.69, 9.17) is 0 Å². The summed E-state index contributed by atoms with van der Waals surface area (Å²) in [5.41, 5.74) is 5.02.